The van der Waals surface area contributed by atoms with Gasteiger partial charge in [-0.2, -0.15) is 0 Å². The minimum absolute atomic E-state index is 0.0192. The van der Waals surface area contributed by atoms with Crippen LogP contribution in [0.25, 0.3) is 0 Å². The molecule has 0 saturated carbocycles. The molecular formula is C17H26N2O4. The van der Waals surface area contributed by atoms with E-state index in [0.29, 0.717) is 31.3 Å². The molecule has 6 heteroatoms. The fraction of sp³-hybridized carbons (Fsp3) is 0.588. The van der Waals surface area contributed by atoms with Gasteiger partial charge < -0.3 is 24.4 Å². The molecule has 1 aliphatic heterocycles. The number of aliphatic hydroxyl groups is 1. The largest absolute Gasteiger partial charge is 0.497 e. The average molecular weight is 322 g/mol. The van der Waals surface area contributed by atoms with E-state index < -0.39 is 0 Å². The van der Waals surface area contributed by atoms with Gasteiger partial charge in [0.1, 0.15) is 11.5 Å². The summed E-state index contributed by atoms with van der Waals surface area (Å²) in [6, 6.07) is 5.70. The van der Waals surface area contributed by atoms with E-state index in [1.807, 2.05) is 23.1 Å². The van der Waals surface area contributed by atoms with Gasteiger partial charge in [0, 0.05) is 24.7 Å². The number of aliphatic hydroxyl groups excluding tert-OH is 1. The number of β-amino-alcohol motifs (C(OH)–C–C–N with tert-alkyl or cyclic N) is 1. The predicted octanol–water partition coefficient (Wildman–Crippen LogP) is 1.96. The van der Waals surface area contributed by atoms with Crippen molar-refractivity contribution in [3.05, 3.63) is 23.8 Å². The van der Waals surface area contributed by atoms with Crippen molar-refractivity contribution in [1.29, 1.82) is 0 Å². The van der Waals surface area contributed by atoms with E-state index in [2.05, 4.69) is 13.8 Å². The normalized spacial score (nSPS) is 18.0. The molecular weight excluding hydrogens is 296 g/mol. The summed E-state index contributed by atoms with van der Waals surface area (Å²) in [5, 5.41) is 9.21. The number of carbonyl (C=O) groups is 1. The Morgan fingerprint density at radius 2 is 2.04 bits per heavy atom. The van der Waals surface area contributed by atoms with Crippen molar-refractivity contribution < 1.29 is 19.4 Å². The van der Waals surface area contributed by atoms with Crippen molar-refractivity contribution in [3.63, 3.8) is 0 Å². The Balaban J connectivity index is 2.18. The molecule has 1 aromatic carbocycles. The minimum Gasteiger partial charge on any atom is -0.497 e. The third-order valence-electron chi connectivity index (χ3n) is 4.29. The van der Waals surface area contributed by atoms with Gasteiger partial charge in [-0.05, 0) is 18.1 Å². The predicted molar refractivity (Wildman–Crippen MR) is 87.8 cm³/mol. The first-order valence-corrected chi connectivity index (χ1v) is 7.89. The first-order valence-electron chi connectivity index (χ1n) is 7.89. The lowest BCUT2D eigenvalue weighted by Crippen LogP contribution is -2.39. The van der Waals surface area contributed by atoms with Gasteiger partial charge >= 0.3 is 6.03 Å². The molecule has 1 N–H and O–H groups in total. The summed E-state index contributed by atoms with van der Waals surface area (Å²) in [4.78, 5) is 16.2. The number of amides is 2. The Kier molecular flexibility index (Phi) is 5.71. The van der Waals surface area contributed by atoms with Crippen molar-refractivity contribution in [2.24, 2.45) is 5.92 Å². The van der Waals surface area contributed by atoms with Crippen LogP contribution < -0.4 is 9.47 Å². The molecule has 23 heavy (non-hydrogen) atoms. The molecule has 1 aliphatic rings. The van der Waals surface area contributed by atoms with Crippen LogP contribution in [0.4, 0.5) is 4.79 Å². The van der Waals surface area contributed by atoms with Crippen LogP contribution >= 0.6 is 0 Å². The first kappa shape index (κ1) is 17.4. The molecule has 0 aromatic heterocycles. The zero-order valence-corrected chi connectivity index (χ0v) is 14.3. The highest BCUT2D eigenvalue weighted by Gasteiger charge is 2.38. The van der Waals surface area contributed by atoms with E-state index in [4.69, 9.17) is 9.47 Å². The zero-order valence-electron chi connectivity index (χ0n) is 14.3. The number of benzene rings is 1. The van der Waals surface area contributed by atoms with E-state index in [9.17, 15) is 9.90 Å². The van der Waals surface area contributed by atoms with Crippen molar-refractivity contribution in [2.75, 3.05) is 33.9 Å². The van der Waals surface area contributed by atoms with Crippen LogP contribution in [0.3, 0.4) is 0 Å². The molecule has 1 atom stereocenters. The summed E-state index contributed by atoms with van der Waals surface area (Å²) in [5.74, 6) is 1.77. The van der Waals surface area contributed by atoms with Crippen molar-refractivity contribution in [1.82, 2.24) is 9.80 Å². The monoisotopic (exact) mass is 322 g/mol. The Morgan fingerprint density at radius 3 is 2.61 bits per heavy atom. The highest BCUT2D eigenvalue weighted by molar-refractivity contribution is 5.77. The molecule has 1 saturated heterocycles. The molecule has 1 heterocycles. The topological polar surface area (TPSA) is 62.2 Å². The second-order valence-corrected chi connectivity index (χ2v) is 6.07. The Morgan fingerprint density at radius 1 is 1.30 bits per heavy atom. The van der Waals surface area contributed by atoms with Gasteiger partial charge in [-0.25, -0.2) is 4.79 Å². The lowest BCUT2D eigenvalue weighted by Gasteiger charge is -2.24. The van der Waals surface area contributed by atoms with Crippen molar-refractivity contribution >= 4 is 6.03 Å². The number of methoxy groups -OCH3 is 2. The number of urea groups is 1. The van der Waals surface area contributed by atoms with E-state index in [-0.39, 0.29) is 18.7 Å². The van der Waals surface area contributed by atoms with Crippen LogP contribution in [-0.4, -0.2) is 60.9 Å². The van der Waals surface area contributed by atoms with E-state index >= 15 is 0 Å². The quantitative estimate of drug-likeness (QED) is 0.833. The summed E-state index contributed by atoms with van der Waals surface area (Å²) < 4.78 is 10.6. The van der Waals surface area contributed by atoms with Crippen molar-refractivity contribution in [3.8, 4) is 11.5 Å². The van der Waals surface area contributed by atoms with Crippen LogP contribution in [0.1, 0.15) is 19.4 Å². The number of hydrogen-bond donors (Lipinski definition) is 1. The van der Waals surface area contributed by atoms with E-state index in [0.717, 1.165) is 11.3 Å². The molecule has 2 rings (SSSR count). The minimum atomic E-state index is -0.0318. The molecule has 1 fully saturated rings. The summed E-state index contributed by atoms with van der Waals surface area (Å²) >= 11 is 0. The second kappa shape index (κ2) is 7.55. The van der Waals surface area contributed by atoms with Crippen molar-refractivity contribution in [2.45, 2.75) is 26.4 Å². The summed E-state index contributed by atoms with van der Waals surface area (Å²) in [5.41, 5.74) is 0.940. The zero-order chi connectivity index (χ0) is 17.0. The Hall–Kier alpha value is -1.95. The highest BCUT2D eigenvalue weighted by Crippen LogP contribution is 2.29. The van der Waals surface area contributed by atoms with E-state index in [1.54, 1.807) is 19.1 Å². The SMILES string of the molecule is COc1ccc(CN2C[C@H](C(C)C)N(CCO)C2=O)c(OC)c1. The molecule has 0 spiro atoms. The number of nitrogens with zero attached hydrogens (tertiary/aromatic N) is 2. The van der Waals surface area contributed by atoms with Gasteiger partial charge in [0.2, 0.25) is 0 Å². The fourth-order valence-corrected chi connectivity index (χ4v) is 2.99. The first-order chi connectivity index (χ1) is 11.0. The maximum atomic E-state index is 12.6. The lowest BCUT2D eigenvalue weighted by atomic mass is 10.0. The Labute approximate surface area is 137 Å². The average Bonchev–Trinajstić information content (AvgIpc) is 2.85. The van der Waals surface area contributed by atoms with Gasteiger partial charge in [0.25, 0.3) is 0 Å². The third-order valence-corrected chi connectivity index (χ3v) is 4.29. The summed E-state index contributed by atoms with van der Waals surface area (Å²) in [7, 11) is 3.22. The molecule has 0 aliphatic carbocycles. The smallest absolute Gasteiger partial charge is 0.320 e. The van der Waals surface area contributed by atoms with Crippen LogP contribution in [0, 0.1) is 5.92 Å². The maximum absolute atomic E-state index is 12.6. The van der Waals surface area contributed by atoms with Crippen LogP contribution in [0.5, 0.6) is 11.5 Å². The highest BCUT2D eigenvalue weighted by atomic mass is 16.5. The fourth-order valence-electron chi connectivity index (χ4n) is 2.99. The summed E-state index contributed by atoms with van der Waals surface area (Å²) in [6.07, 6.45) is 0. The second-order valence-electron chi connectivity index (χ2n) is 6.07. The van der Waals surface area contributed by atoms with Gasteiger partial charge in [-0.15, -0.1) is 0 Å². The van der Waals surface area contributed by atoms with Gasteiger partial charge in [0.15, 0.2) is 0 Å². The van der Waals surface area contributed by atoms with Gasteiger partial charge in [0.05, 0.1) is 33.4 Å². The molecule has 2 amide bonds. The third kappa shape index (κ3) is 3.69. The van der Waals surface area contributed by atoms with Crippen LogP contribution in [-0.2, 0) is 6.54 Å². The molecule has 0 radical (unpaired) electrons. The molecule has 128 valence electrons. The summed E-state index contributed by atoms with van der Waals surface area (Å²) in [6.45, 7) is 5.69. The lowest BCUT2D eigenvalue weighted by molar-refractivity contribution is 0.158. The molecule has 6 nitrogen and oxygen atoms in total. The van der Waals surface area contributed by atoms with E-state index in [1.165, 1.54) is 0 Å². The molecule has 1 aromatic rings. The maximum Gasteiger partial charge on any atom is 0.320 e. The number of rotatable bonds is 7. The van der Waals surface area contributed by atoms with Gasteiger partial charge in [-0.3, -0.25) is 0 Å². The van der Waals surface area contributed by atoms with Gasteiger partial charge in [-0.1, -0.05) is 13.8 Å². The number of ether oxygens (including phenoxy) is 2. The van der Waals surface area contributed by atoms with Crippen LogP contribution in [0.2, 0.25) is 0 Å². The molecule has 0 bridgehead atoms. The number of hydrogen-bond acceptors (Lipinski definition) is 4. The molecule has 0 unspecified atom stereocenters. The van der Waals surface area contributed by atoms with Crippen LogP contribution in [0.15, 0.2) is 18.2 Å². The standard InChI is InChI=1S/C17H26N2O4/c1-12(2)15-11-18(17(21)19(15)7-8-20)10-13-5-6-14(22-3)9-16(13)23-4/h5-6,9,12,15,20H,7-8,10-11H2,1-4H3/t15-/m1/s1. The Bertz CT molecular complexity index is 547. The number of carbonyl (C=O) groups excluding carboxylic acids is 1.